The second-order valence-corrected chi connectivity index (χ2v) is 6.67. The van der Waals surface area contributed by atoms with Gasteiger partial charge in [0.1, 0.15) is 4.90 Å². The Kier molecular flexibility index (Phi) is 4.39. The van der Waals surface area contributed by atoms with Crippen LogP contribution in [-0.4, -0.2) is 8.42 Å². The average molecular weight is 350 g/mol. The predicted molar refractivity (Wildman–Crippen MR) is 78.4 cm³/mol. The summed E-state index contributed by atoms with van der Waals surface area (Å²) in [5, 5.41) is -0.285. The van der Waals surface area contributed by atoms with Crippen molar-refractivity contribution in [2.45, 2.75) is 18.0 Å². The molecule has 3 nitrogen and oxygen atoms in total. The lowest BCUT2D eigenvalue weighted by molar-refractivity contribution is -0.137. The largest absolute Gasteiger partial charge is 0.416 e. The molecule has 0 aromatic heterocycles. The molecule has 8 heteroatoms. The van der Waals surface area contributed by atoms with E-state index in [0.717, 1.165) is 17.7 Å². The minimum atomic E-state index is -4.65. The molecule has 0 aliphatic rings. The normalized spacial score (nSPS) is 12.2. The quantitative estimate of drug-likeness (QED) is 0.888. The van der Waals surface area contributed by atoms with Crippen molar-refractivity contribution >= 4 is 27.3 Å². The van der Waals surface area contributed by atoms with Crippen LogP contribution in [0.1, 0.15) is 11.1 Å². The molecule has 0 aliphatic carbocycles. The van der Waals surface area contributed by atoms with Gasteiger partial charge in [-0.05, 0) is 37.3 Å². The number of halogens is 4. The maximum absolute atomic E-state index is 12.7. The van der Waals surface area contributed by atoms with Crippen molar-refractivity contribution in [1.29, 1.82) is 0 Å². The monoisotopic (exact) mass is 349 g/mol. The van der Waals surface area contributed by atoms with Crippen molar-refractivity contribution in [1.82, 2.24) is 0 Å². The summed E-state index contributed by atoms with van der Waals surface area (Å²) in [6, 6.07) is 8.51. The summed E-state index contributed by atoms with van der Waals surface area (Å²) in [5.41, 5.74) is 0.0697. The molecule has 118 valence electrons. The van der Waals surface area contributed by atoms with Crippen LogP contribution in [0.15, 0.2) is 47.4 Å². The zero-order chi connectivity index (χ0) is 16.5. The van der Waals surface area contributed by atoms with Crippen LogP contribution < -0.4 is 4.72 Å². The number of benzene rings is 2. The Bertz CT molecular complexity index is 787. The molecule has 0 spiro atoms. The average Bonchev–Trinajstić information content (AvgIpc) is 2.40. The van der Waals surface area contributed by atoms with Crippen LogP contribution >= 0.6 is 11.6 Å². The van der Waals surface area contributed by atoms with Crippen LogP contribution in [0, 0.1) is 6.92 Å². The number of alkyl halides is 3. The van der Waals surface area contributed by atoms with E-state index >= 15 is 0 Å². The molecule has 0 saturated heterocycles. The van der Waals surface area contributed by atoms with Crippen LogP contribution in [0.25, 0.3) is 0 Å². The Balaban J connectivity index is 2.43. The third-order valence-corrected chi connectivity index (χ3v) is 4.71. The predicted octanol–water partition coefficient (Wildman–Crippen LogP) is 4.47. The topological polar surface area (TPSA) is 46.2 Å². The first-order valence-electron chi connectivity index (χ1n) is 6.06. The zero-order valence-electron chi connectivity index (χ0n) is 11.3. The molecule has 0 saturated carbocycles. The molecule has 2 aromatic rings. The van der Waals surface area contributed by atoms with Crippen LogP contribution in [0.3, 0.4) is 0 Å². The van der Waals surface area contributed by atoms with Crippen molar-refractivity contribution in [2.24, 2.45) is 0 Å². The van der Waals surface area contributed by atoms with E-state index in [4.69, 9.17) is 11.6 Å². The maximum Gasteiger partial charge on any atom is 0.416 e. The van der Waals surface area contributed by atoms with Crippen molar-refractivity contribution in [3.63, 3.8) is 0 Å². The SMILES string of the molecule is Cc1ccc(NS(=O)(=O)c2cc(C(F)(F)F)ccc2Cl)cc1. The highest BCUT2D eigenvalue weighted by Crippen LogP contribution is 2.33. The first-order chi connectivity index (χ1) is 10.1. The molecule has 0 radical (unpaired) electrons. The van der Waals surface area contributed by atoms with Gasteiger partial charge in [-0.25, -0.2) is 8.42 Å². The first kappa shape index (κ1) is 16.6. The van der Waals surface area contributed by atoms with Crippen molar-refractivity contribution < 1.29 is 21.6 Å². The van der Waals surface area contributed by atoms with Gasteiger partial charge in [-0.3, -0.25) is 4.72 Å². The van der Waals surface area contributed by atoms with Gasteiger partial charge in [-0.1, -0.05) is 29.3 Å². The van der Waals surface area contributed by atoms with Crippen LogP contribution in [-0.2, 0) is 16.2 Å². The summed E-state index contributed by atoms with van der Waals surface area (Å²) >= 11 is 5.74. The van der Waals surface area contributed by atoms with E-state index in [1.54, 1.807) is 12.1 Å². The van der Waals surface area contributed by atoms with E-state index in [1.165, 1.54) is 12.1 Å². The second kappa shape index (κ2) is 5.81. The summed E-state index contributed by atoms with van der Waals surface area (Å²) in [6.07, 6.45) is -4.65. The fourth-order valence-electron chi connectivity index (χ4n) is 1.72. The number of hydrogen-bond acceptors (Lipinski definition) is 2. The summed E-state index contributed by atoms with van der Waals surface area (Å²) < 4.78 is 64.8. The van der Waals surface area contributed by atoms with Gasteiger partial charge < -0.3 is 0 Å². The Morgan fingerprint density at radius 3 is 2.18 bits per heavy atom. The summed E-state index contributed by atoms with van der Waals surface area (Å²) in [7, 11) is -4.22. The lowest BCUT2D eigenvalue weighted by Gasteiger charge is -2.12. The van der Waals surface area contributed by atoms with E-state index in [1.807, 2.05) is 6.92 Å². The van der Waals surface area contributed by atoms with Gasteiger partial charge in [-0.15, -0.1) is 0 Å². The number of sulfonamides is 1. The van der Waals surface area contributed by atoms with E-state index < -0.39 is 26.7 Å². The van der Waals surface area contributed by atoms with Crippen molar-refractivity contribution in [3.8, 4) is 0 Å². The van der Waals surface area contributed by atoms with Crippen LogP contribution in [0.4, 0.5) is 18.9 Å². The molecule has 0 amide bonds. The molecule has 22 heavy (non-hydrogen) atoms. The number of aryl methyl sites for hydroxylation is 1. The number of hydrogen-bond donors (Lipinski definition) is 1. The van der Waals surface area contributed by atoms with Gasteiger partial charge in [0.15, 0.2) is 0 Å². The van der Waals surface area contributed by atoms with E-state index in [-0.39, 0.29) is 10.7 Å². The fraction of sp³-hybridized carbons (Fsp3) is 0.143. The second-order valence-electron chi connectivity index (χ2n) is 4.61. The zero-order valence-corrected chi connectivity index (χ0v) is 12.9. The van der Waals surface area contributed by atoms with Gasteiger partial charge in [-0.2, -0.15) is 13.2 Å². The van der Waals surface area contributed by atoms with E-state index in [2.05, 4.69) is 4.72 Å². The highest BCUT2D eigenvalue weighted by molar-refractivity contribution is 7.92. The molecule has 2 aromatic carbocycles. The van der Waals surface area contributed by atoms with Crippen LogP contribution in [0.2, 0.25) is 5.02 Å². The van der Waals surface area contributed by atoms with E-state index in [0.29, 0.717) is 6.07 Å². The molecule has 0 aliphatic heterocycles. The third kappa shape index (κ3) is 3.72. The first-order valence-corrected chi connectivity index (χ1v) is 7.92. The van der Waals surface area contributed by atoms with Crippen molar-refractivity contribution in [3.05, 3.63) is 58.6 Å². The lowest BCUT2D eigenvalue weighted by Crippen LogP contribution is -2.15. The highest BCUT2D eigenvalue weighted by atomic mass is 35.5. The summed E-state index contributed by atoms with van der Waals surface area (Å²) in [4.78, 5) is -0.621. The smallest absolute Gasteiger partial charge is 0.280 e. The molecular formula is C14H11ClF3NO2S. The highest BCUT2D eigenvalue weighted by Gasteiger charge is 2.32. The molecule has 0 fully saturated rings. The Morgan fingerprint density at radius 1 is 1.05 bits per heavy atom. The van der Waals surface area contributed by atoms with E-state index in [9.17, 15) is 21.6 Å². The van der Waals surface area contributed by atoms with Gasteiger partial charge >= 0.3 is 6.18 Å². The molecule has 1 N–H and O–H groups in total. The number of anilines is 1. The van der Waals surface area contributed by atoms with Gasteiger partial charge in [0.2, 0.25) is 0 Å². The van der Waals surface area contributed by atoms with Gasteiger partial charge in [0, 0.05) is 5.69 Å². The molecule has 0 unspecified atom stereocenters. The Labute approximate surface area is 130 Å². The minimum absolute atomic E-state index is 0.235. The standard InChI is InChI=1S/C14H11ClF3NO2S/c1-9-2-5-11(6-3-9)19-22(20,21)13-8-10(14(16,17)18)4-7-12(13)15/h2-8,19H,1H3. The molecule has 2 rings (SSSR count). The Morgan fingerprint density at radius 2 is 1.64 bits per heavy atom. The summed E-state index contributed by atoms with van der Waals surface area (Å²) in [6.45, 7) is 1.82. The lowest BCUT2D eigenvalue weighted by atomic mass is 10.2. The fourth-order valence-corrected chi connectivity index (χ4v) is 3.30. The molecular weight excluding hydrogens is 339 g/mol. The summed E-state index contributed by atoms with van der Waals surface area (Å²) in [5.74, 6) is 0. The van der Waals surface area contributed by atoms with Gasteiger partial charge in [0.25, 0.3) is 10.0 Å². The Hall–Kier alpha value is -1.73. The maximum atomic E-state index is 12.7. The number of rotatable bonds is 3. The number of nitrogens with one attached hydrogen (secondary N) is 1. The third-order valence-electron chi connectivity index (χ3n) is 2.85. The minimum Gasteiger partial charge on any atom is -0.280 e. The van der Waals surface area contributed by atoms with Crippen LogP contribution in [0.5, 0.6) is 0 Å². The van der Waals surface area contributed by atoms with Gasteiger partial charge in [0.05, 0.1) is 10.6 Å². The van der Waals surface area contributed by atoms with Crippen molar-refractivity contribution in [2.75, 3.05) is 4.72 Å². The molecule has 0 bridgehead atoms. The molecule has 0 atom stereocenters. The molecule has 0 heterocycles.